The van der Waals surface area contributed by atoms with E-state index in [0.29, 0.717) is 23.1 Å². The van der Waals surface area contributed by atoms with Crippen molar-refractivity contribution < 1.29 is 17.1 Å². The van der Waals surface area contributed by atoms with Gasteiger partial charge in [-0.15, -0.1) is 0 Å². The van der Waals surface area contributed by atoms with E-state index in [1.165, 1.54) is 11.8 Å². The van der Waals surface area contributed by atoms with Crippen molar-refractivity contribution in [1.29, 1.82) is 5.41 Å². The number of thioether (sulfide) groups is 1. The monoisotopic (exact) mass is 279 g/mol. The van der Waals surface area contributed by atoms with Crippen LogP contribution < -0.4 is 22.9 Å². The summed E-state index contributed by atoms with van der Waals surface area (Å²) in [6, 6.07) is 5.59. The number of amidine groups is 1. The fourth-order valence-corrected chi connectivity index (χ4v) is 1.83. The van der Waals surface area contributed by atoms with Crippen molar-refractivity contribution >= 4 is 28.5 Å². The Labute approximate surface area is 111 Å². The number of nitrogens with two attached hydrogens (primary N) is 1. The molecule has 0 bridgehead atoms. The van der Waals surface area contributed by atoms with Crippen LogP contribution in [0.15, 0.2) is 18.2 Å². The molecule has 0 saturated carbocycles. The summed E-state index contributed by atoms with van der Waals surface area (Å²) in [5, 5.41) is 7.80. The summed E-state index contributed by atoms with van der Waals surface area (Å²) in [5.41, 5.74) is 6.28. The van der Waals surface area contributed by atoms with Crippen molar-refractivity contribution in [3.8, 4) is 5.75 Å². The average Bonchev–Trinajstić information content (AvgIpc) is 2.19. The summed E-state index contributed by atoms with van der Waals surface area (Å²) in [4.78, 5) is 0. The molecule has 0 fully saturated rings. The van der Waals surface area contributed by atoms with Crippen LogP contribution in [-0.2, 0) is 5.75 Å². The van der Waals surface area contributed by atoms with Crippen LogP contribution in [0.3, 0.4) is 0 Å². The van der Waals surface area contributed by atoms with Gasteiger partial charge in [-0.25, -0.2) is 0 Å². The van der Waals surface area contributed by atoms with Gasteiger partial charge < -0.3 is 22.9 Å². The van der Waals surface area contributed by atoms with Crippen molar-refractivity contribution in [1.82, 2.24) is 0 Å². The molecule has 1 aromatic carbocycles. The topological polar surface area (TPSA) is 59.1 Å². The minimum atomic E-state index is 0. The fourth-order valence-electron chi connectivity index (χ4n) is 1.07. The maximum Gasteiger partial charge on any atom is 0.151 e. The molecule has 3 N–H and O–H groups in total. The molecule has 0 radical (unpaired) electrons. The highest BCUT2D eigenvalue weighted by Crippen LogP contribution is 2.26. The zero-order valence-electron chi connectivity index (χ0n) is 8.80. The maximum absolute atomic E-state index is 7.09. The van der Waals surface area contributed by atoms with Gasteiger partial charge in [0, 0.05) is 5.75 Å². The van der Waals surface area contributed by atoms with Crippen LogP contribution in [0.1, 0.15) is 12.5 Å². The van der Waals surface area contributed by atoms with Crippen LogP contribution in [0.25, 0.3) is 0 Å². The zero-order chi connectivity index (χ0) is 11.3. The van der Waals surface area contributed by atoms with E-state index in [0.717, 1.165) is 5.56 Å². The molecule has 16 heavy (non-hydrogen) atoms. The predicted molar refractivity (Wildman–Crippen MR) is 65.8 cm³/mol. The Kier molecular flexibility index (Phi) is 7.38. The lowest BCUT2D eigenvalue weighted by atomic mass is 10.2. The highest BCUT2D eigenvalue weighted by atomic mass is 35.5. The molecule has 0 heterocycles. The summed E-state index contributed by atoms with van der Waals surface area (Å²) in [6.45, 7) is 2.51. The van der Waals surface area contributed by atoms with Gasteiger partial charge in [0.2, 0.25) is 0 Å². The van der Waals surface area contributed by atoms with Gasteiger partial charge >= 0.3 is 0 Å². The third-order valence-corrected chi connectivity index (χ3v) is 2.77. The largest absolute Gasteiger partial charge is 1.00 e. The Morgan fingerprint density at radius 3 is 2.75 bits per heavy atom. The smallest absolute Gasteiger partial charge is 0.151 e. The second-order valence-corrected chi connectivity index (χ2v) is 4.28. The van der Waals surface area contributed by atoms with Gasteiger partial charge in [0.25, 0.3) is 0 Å². The second-order valence-electron chi connectivity index (χ2n) is 2.85. The van der Waals surface area contributed by atoms with Crippen molar-refractivity contribution in [2.75, 3.05) is 6.61 Å². The van der Waals surface area contributed by atoms with E-state index >= 15 is 0 Å². The molecule has 1 aromatic rings. The minimum Gasteiger partial charge on any atom is -1.00 e. The molecule has 0 aliphatic heterocycles. The summed E-state index contributed by atoms with van der Waals surface area (Å²) in [5.74, 6) is 1.34. The molecule has 0 amide bonds. The van der Waals surface area contributed by atoms with E-state index in [4.69, 9.17) is 27.5 Å². The summed E-state index contributed by atoms with van der Waals surface area (Å²) in [7, 11) is 0. The van der Waals surface area contributed by atoms with Crippen LogP contribution in [0.5, 0.6) is 5.75 Å². The number of rotatable bonds is 4. The van der Waals surface area contributed by atoms with Gasteiger partial charge in [-0.2, -0.15) is 0 Å². The van der Waals surface area contributed by atoms with Crippen LogP contribution in [-0.4, -0.2) is 11.8 Å². The third-order valence-electron chi connectivity index (χ3n) is 1.69. The lowest BCUT2D eigenvalue weighted by molar-refractivity contribution is -0.00000387. The van der Waals surface area contributed by atoms with E-state index in [1.807, 2.05) is 25.1 Å². The molecule has 0 saturated heterocycles. The molecule has 3 nitrogen and oxygen atoms in total. The first-order valence-corrected chi connectivity index (χ1v) is 5.88. The Balaban J connectivity index is 0.00000225. The third kappa shape index (κ3) is 4.96. The summed E-state index contributed by atoms with van der Waals surface area (Å²) < 4.78 is 5.31. The molecule has 6 heteroatoms. The van der Waals surface area contributed by atoms with Crippen molar-refractivity contribution in [3.05, 3.63) is 28.8 Å². The maximum atomic E-state index is 7.09. The van der Waals surface area contributed by atoms with E-state index in [1.54, 1.807) is 0 Å². The number of ether oxygens (including phenoxy) is 1. The first kappa shape index (κ1) is 15.4. The lowest BCUT2D eigenvalue weighted by Crippen LogP contribution is -3.00. The van der Waals surface area contributed by atoms with Crippen molar-refractivity contribution in [2.24, 2.45) is 5.73 Å². The Bertz CT molecular complexity index is 361. The van der Waals surface area contributed by atoms with Crippen LogP contribution in [0, 0.1) is 5.41 Å². The Morgan fingerprint density at radius 1 is 1.56 bits per heavy atom. The van der Waals surface area contributed by atoms with Gasteiger partial charge in [-0.3, -0.25) is 5.41 Å². The van der Waals surface area contributed by atoms with Crippen LogP contribution in [0.2, 0.25) is 5.02 Å². The highest BCUT2D eigenvalue weighted by molar-refractivity contribution is 8.13. The molecular weight excluding hydrogens is 267 g/mol. The molecular formula is C10H13Cl2N2OS-. The molecule has 0 aliphatic carbocycles. The lowest BCUT2D eigenvalue weighted by Gasteiger charge is -2.07. The van der Waals surface area contributed by atoms with Gasteiger partial charge in [-0.05, 0) is 24.6 Å². The van der Waals surface area contributed by atoms with E-state index in [2.05, 4.69) is 0 Å². The molecule has 0 aliphatic rings. The molecule has 0 aromatic heterocycles. The minimum absolute atomic E-state index is 0. The zero-order valence-corrected chi connectivity index (χ0v) is 11.1. The number of hydrogen-bond acceptors (Lipinski definition) is 3. The summed E-state index contributed by atoms with van der Waals surface area (Å²) in [6.07, 6.45) is 0. The standard InChI is InChI=1S/C10H13ClN2OS.ClH/c1-2-14-9-4-3-7(5-8(9)11)6-15-10(12)13;/h3-5H,2,6H2,1H3,(H3,12,13);1H/p-1. The molecule has 90 valence electrons. The first-order valence-electron chi connectivity index (χ1n) is 4.51. The van der Waals surface area contributed by atoms with Gasteiger partial charge in [-0.1, -0.05) is 29.4 Å². The quantitative estimate of drug-likeness (QED) is 0.596. The Hall–Kier alpha value is -0.580. The second kappa shape index (κ2) is 7.65. The average molecular weight is 280 g/mol. The molecule has 1 rings (SSSR count). The number of halogens is 2. The van der Waals surface area contributed by atoms with E-state index in [-0.39, 0.29) is 17.6 Å². The van der Waals surface area contributed by atoms with Crippen molar-refractivity contribution in [3.63, 3.8) is 0 Å². The van der Waals surface area contributed by atoms with E-state index in [9.17, 15) is 0 Å². The molecule has 0 unspecified atom stereocenters. The number of nitrogens with one attached hydrogen (secondary N) is 1. The predicted octanol–water partition coefficient (Wildman–Crippen LogP) is -0.131. The molecule has 0 spiro atoms. The number of hydrogen-bond donors (Lipinski definition) is 2. The van der Waals surface area contributed by atoms with Crippen LogP contribution in [0.4, 0.5) is 0 Å². The van der Waals surface area contributed by atoms with Gasteiger partial charge in [0.05, 0.1) is 11.6 Å². The van der Waals surface area contributed by atoms with Gasteiger partial charge in [0.15, 0.2) is 5.17 Å². The summed E-state index contributed by atoms with van der Waals surface area (Å²) >= 11 is 7.28. The van der Waals surface area contributed by atoms with Crippen molar-refractivity contribution in [2.45, 2.75) is 12.7 Å². The molecule has 0 atom stereocenters. The Morgan fingerprint density at radius 2 is 2.25 bits per heavy atom. The first-order chi connectivity index (χ1) is 7.13. The normalized spacial score (nSPS) is 9.38. The number of benzene rings is 1. The fraction of sp³-hybridized carbons (Fsp3) is 0.300. The SMILES string of the molecule is CCOc1ccc(CSC(=N)N)cc1Cl.[Cl-]. The van der Waals surface area contributed by atoms with E-state index < -0.39 is 0 Å². The van der Waals surface area contributed by atoms with Gasteiger partial charge in [0.1, 0.15) is 5.75 Å². The highest BCUT2D eigenvalue weighted by Gasteiger charge is 2.03. The van der Waals surface area contributed by atoms with Crippen LogP contribution >= 0.6 is 23.4 Å².